The summed E-state index contributed by atoms with van der Waals surface area (Å²) in [6.07, 6.45) is 7.11. The van der Waals surface area contributed by atoms with E-state index in [1.807, 2.05) is 0 Å². The molecule has 5 nitrogen and oxygen atoms in total. The predicted octanol–water partition coefficient (Wildman–Crippen LogP) is 2.18. The minimum absolute atomic E-state index is 0.206. The van der Waals surface area contributed by atoms with Crippen molar-refractivity contribution in [3.8, 4) is 0 Å². The van der Waals surface area contributed by atoms with Crippen molar-refractivity contribution < 1.29 is 14.7 Å². The summed E-state index contributed by atoms with van der Waals surface area (Å²) in [7, 11) is 1.80. The van der Waals surface area contributed by atoms with E-state index in [-0.39, 0.29) is 12.5 Å². The maximum atomic E-state index is 12.1. The van der Waals surface area contributed by atoms with Gasteiger partial charge in [-0.15, -0.1) is 0 Å². The molecule has 0 aliphatic heterocycles. The Morgan fingerprint density at radius 2 is 1.95 bits per heavy atom. The molecule has 1 amide bonds. The Morgan fingerprint density at radius 3 is 2.45 bits per heavy atom. The second-order valence-electron chi connectivity index (χ2n) is 5.69. The van der Waals surface area contributed by atoms with Crippen molar-refractivity contribution in [3.05, 3.63) is 24.0 Å². The maximum absolute atomic E-state index is 12.1. The maximum Gasteiger partial charge on any atom is 0.311 e. The number of carboxylic acids is 1. The van der Waals surface area contributed by atoms with Crippen LogP contribution in [-0.4, -0.2) is 28.1 Å². The lowest BCUT2D eigenvalue weighted by atomic mass is 9.80. The molecule has 5 heteroatoms. The quantitative estimate of drug-likeness (QED) is 0.829. The Kier molecular flexibility index (Phi) is 4.47. The van der Waals surface area contributed by atoms with Gasteiger partial charge in [-0.1, -0.05) is 25.7 Å². The Hall–Kier alpha value is -1.78. The normalized spacial score (nSPS) is 18.2. The van der Waals surface area contributed by atoms with E-state index in [1.54, 1.807) is 29.9 Å². The van der Waals surface area contributed by atoms with Crippen LogP contribution in [0.5, 0.6) is 0 Å². The molecule has 1 aromatic rings. The minimum atomic E-state index is -0.794. The molecule has 0 unspecified atom stereocenters. The van der Waals surface area contributed by atoms with Crippen molar-refractivity contribution in [2.24, 2.45) is 12.5 Å². The zero-order valence-corrected chi connectivity index (χ0v) is 11.9. The number of carboxylic acid groups (broad SMARTS) is 1. The third kappa shape index (κ3) is 3.03. The highest BCUT2D eigenvalue weighted by atomic mass is 16.4. The zero-order chi connectivity index (χ0) is 14.6. The van der Waals surface area contributed by atoms with Gasteiger partial charge in [0.25, 0.3) is 5.91 Å². The minimum Gasteiger partial charge on any atom is -0.481 e. The molecule has 0 bridgehead atoms. The van der Waals surface area contributed by atoms with Crippen molar-refractivity contribution in [2.75, 3.05) is 6.54 Å². The fourth-order valence-corrected chi connectivity index (χ4v) is 2.91. The van der Waals surface area contributed by atoms with Crippen molar-refractivity contribution in [1.29, 1.82) is 0 Å². The van der Waals surface area contributed by atoms with Gasteiger partial charge in [-0.05, 0) is 25.0 Å². The zero-order valence-electron chi connectivity index (χ0n) is 11.9. The predicted molar refractivity (Wildman–Crippen MR) is 75.5 cm³/mol. The Bertz CT molecular complexity index is 485. The molecule has 0 saturated heterocycles. The first-order valence-electron chi connectivity index (χ1n) is 7.18. The van der Waals surface area contributed by atoms with Crippen molar-refractivity contribution in [2.45, 2.75) is 38.5 Å². The van der Waals surface area contributed by atoms with Crippen molar-refractivity contribution in [3.63, 3.8) is 0 Å². The van der Waals surface area contributed by atoms with Crippen molar-refractivity contribution in [1.82, 2.24) is 9.88 Å². The number of carbonyl (C=O) groups excluding carboxylic acids is 1. The van der Waals surface area contributed by atoms with E-state index in [2.05, 4.69) is 5.32 Å². The van der Waals surface area contributed by atoms with Gasteiger partial charge in [-0.25, -0.2) is 0 Å². The van der Waals surface area contributed by atoms with E-state index < -0.39 is 11.4 Å². The summed E-state index contributed by atoms with van der Waals surface area (Å²) >= 11 is 0. The molecule has 110 valence electrons. The van der Waals surface area contributed by atoms with Crippen LogP contribution in [0.3, 0.4) is 0 Å². The summed E-state index contributed by atoms with van der Waals surface area (Å²) in [5, 5.41) is 12.4. The molecule has 1 aromatic heterocycles. The van der Waals surface area contributed by atoms with Gasteiger partial charge in [-0.2, -0.15) is 0 Å². The average molecular weight is 278 g/mol. The number of hydrogen-bond donors (Lipinski definition) is 2. The summed E-state index contributed by atoms with van der Waals surface area (Å²) in [6.45, 7) is 0.215. The van der Waals surface area contributed by atoms with Gasteiger partial charge in [0.05, 0.1) is 5.41 Å². The number of aryl methyl sites for hydroxylation is 1. The Morgan fingerprint density at radius 1 is 1.30 bits per heavy atom. The molecular formula is C15H22N2O3. The van der Waals surface area contributed by atoms with Gasteiger partial charge in [-0.3, -0.25) is 9.59 Å². The third-order valence-corrected chi connectivity index (χ3v) is 4.28. The lowest BCUT2D eigenvalue weighted by Gasteiger charge is -2.28. The number of carbonyl (C=O) groups is 2. The Labute approximate surface area is 119 Å². The molecule has 0 atom stereocenters. The summed E-state index contributed by atoms with van der Waals surface area (Å²) in [5.74, 6) is -0.992. The molecule has 2 N–H and O–H groups in total. The summed E-state index contributed by atoms with van der Waals surface area (Å²) in [6, 6.07) is 3.53. The molecule has 2 rings (SSSR count). The standard InChI is InChI=1S/C15H22N2O3/c1-17-10-6-7-12(17)13(18)16-11-15(14(19)20)8-4-2-3-5-9-15/h6-7,10H,2-5,8-9,11H2,1H3,(H,16,18)(H,19,20). The van der Waals surface area contributed by atoms with Gasteiger partial charge in [0.15, 0.2) is 0 Å². The number of rotatable bonds is 4. The fraction of sp³-hybridized carbons (Fsp3) is 0.600. The third-order valence-electron chi connectivity index (χ3n) is 4.28. The number of hydrogen-bond acceptors (Lipinski definition) is 2. The van der Waals surface area contributed by atoms with Crippen LogP contribution in [-0.2, 0) is 11.8 Å². The van der Waals surface area contributed by atoms with Crippen LogP contribution in [0.1, 0.15) is 49.0 Å². The number of aliphatic carboxylic acids is 1. The van der Waals surface area contributed by atoms with Gasteiger partial charge in [0, 0.05) is 19.8 Å². The SMILES string of the molecule is Cn1cccc1C(=O)NCC1(C(=O)O)CCCCCC1. The molecule has 20 heavy (non-hydrogen) atoms. The molecule has 1 saturated carbocycles. The summed E-state index contributed by atoms with van der Waals surface area (Å²) in [4.78, 5) is 23.7. The summed E-state index contributed by atoms with van der Waals surface area (Å²) in [5.41, 5.74) is -0.240. The van der Waals surface area contributed by atoms with Crippen LogP contribution < -0.4 is 5.32 Å². The van der Waals surface area contributed by atoms with E-state index >= 15 is 0 Å². The molecule has 1 fully saturated rings. The van der Waals surface area contributed by atoms with Gasteiger partial charge < -0.3 is 15.0 Å². The molecule has 1 heterocycles. The van der Waals surface area contributed by atoms with E-state index in [1.165, 1.54) is 0 Å². The van der Waals surface area contributed by atoms with Gasteiger partial charge >= 0.3 is 5.97 Å². The fourth-order valence-electron chi connectivity index (χ4n) is 2.91. The van der Waals surface area contributed by atoms with E-state index in [4.69, 9.17) is 0 Å². The van der Waals surface area contributed by atoms with Crippen LogP contribution in [0.2, 0.25) is 0 Å². The molecule has 1 aliphatic carbocycles. The van der Waals surface area contributed by atoms with Gasteiger partial charge in [0.2, 0.25) is 0 Å². The topological polar surface area (TPSA) is 71.3 Å². The molecule has 0 radical (unpaired) electrons. The van der Waals surface area contributed by atoms with E-state index in [0.717, 1.165) is 25.7 Å². The van der Waals surface area contributed by atoms with Crippen LogP contribution in [0.15, 0.2) is 18.3 Å². The van der Waals surface area contributed by atoms with E-state index in [9.17, 15) is 14.7 Å². The van der Waals surface area contributed by atoms with E-state index in [0.29, 0.717) is 18.5 Å². The highest BCUT2D eigenvalue weighted by Gasteiger charge is 2.39. The molecule has 0 spiro atoms. The molecule has 0 aromatic carbocycles. The highest BCUT2D eigenvalue weighted by Crippen LogP contribution is 2.34. The average Bonchev–Trinajstić information content (AvgIpc) is 2.71. The largest absolute Gasteiger partial charge is 0.481 e. The van der Waals surface area contributed by atoms with Crippen molar-refractivity contribution >= 4 is 11.9 Å². The van der Waals surface area contributed by atoms with Crippen LogP contribution in [0.4, 0.5) is 0 Å². The highest BCUT2D eigenvalue weighted by molar-refractivity contribution is 5.93. The Balaban J connectivity index is 2.04. The van der Waals surface area contributed by atoms with Gasteiger partial charge in [0.1, 0.15) is 5.69 Å². The number of nitrogens with one attached hydrogen (secondary N) is 1. The van der Waals surface area contributed by atoms with Crippen LogP contribution in [0.25, 0.3) is 0 Å². The number of nitrogens with zero attached hydrogens (tertiary/aromatic N) is 1. The first kappa shape index (κ1) is 14.6. The lowest BCUT2D eigenvalue weighted by molar-refractivity contribution is -0.149. The smallest absolute Gasteiger partial charge is 0.311 e. The monoisotopic (exact) mass is 278 g/mol. The second-order valence-corrected chi connectivity index (χ2v) is 5.69. The molecular weight excluding hydrogens is 256 g/mol. The lowest BCUT2D eigenvalue weighted by Crippen LogP contribution is -2.43. The first-order chi connectivity index (χ1) is 9.55. The number of aromatic nitrogens is 1. The number of amides is 1. The van der Waals surface area contributed by atoms with Crippen LogP contribution in [0, 0.1) is 5.41 Å². The summed E-state index contributed by atoms with van der Waals surface area (Å²) < 4.78 is 1.73. The first-order valence-corrected chi connectivity index (χ1v) is 7.18. The molecule has 1 aliphatic rings. The second kappa shape index (κ2) is 6.11. The van der Waals surface area contributed by atoms with Crippen LogP contribution >= 0.6 is 0 Å².